The molecule has 1 rings (SSSR count). The lowest BCUT2D eigenvalue weighted by molar-refractivity contribution is 0.466. The quantitative estimate of drug-likeness (QED) is 0.557. The molecular weight excluding hydrogens is 172 g/mol. The Balaban J connectivity index is 1.74. The van der Waals surface area contributed by atoms with Crippen LogP contribution in [0.15, 0.2) is 0 Å². The van der Waals surface area contributed by atoms with E-state index in [1.807, 2.05) is 0 Å². The molecule has 0 aromatic heterocycles. The maximum absolute atomic E-state index is 5.51. The highest BCUT2D eigenvalue weighted by molar-refractivity contribution is 4.73. The average molecular weight is 198 g/mol. The van der Waals surface area contributed by atoms with E-state index in [1.54, 1.807) is 0 Å². The fourth-order valence-corrected chi connectivity index (χ4v) is 1.84. The summed E-state index contributed by atoms with van der Waals surface area (Å²) >= 11 is 0. The lowest BCUT2D eigenvalue weighted by atomic mass is 10.0. The topological polar surface area (TPSA) is 38.0 Å². The van der Waals surface area contributed by atoms with E-state index in [2.05, 4.69) is 12.2 Å². The lowest BCUT2D eigenvalue weighted by Gasteiger charge is -2.09. The molecule has 0 aromatic rings. The second-order valence-electron chi connectivity index (χ2n) is 4.81. The van der Waals surface area contributed by atoms with Gasteiger partial charge in [-0.1, -0.05) is 19.8 Å². The molecule has 0 spiro atoms. The molecule has 1 aliphatic rings. The minimum Gasteiger partial charge on any atom is -0.330 e. The van der Waals surface area contributed by atoms with Crippen molar-refractivity contribution in [1.29, 1.82) is 0 Å². The molecule has 0 saturated heterocycles. The van der Waals surface area contributed by atoms with Crippen LogP contribution in [0.3, 0.4) is 0 Å². The van der Waals surface area contributed by atoms with Gasteiger partial charge in [0.2, 0.25) is 0 Å². The second-order valence-corrected chi connectivity index (χ2v) is 4.81. The van der Waals surface area contributed by atoms with Crippen LogP contribution in [0.1, 0.15) is 45.4 Å². The normalized spacial score (nSPS) is 18.4. The number of hydrogen-bond donors (Lipinski definition) is 2. The van der Waals surface area contributed by atoms with E-state index in [-0.39, 0.29) is 0 Å². The Hall–Kier alpha value is -0.0800. The maximum Gasteiger partial charge on any atom is -0.00463 e. The van der Waals surface area contributed by atoms with Gasteiger partial charge < -0.3 is 11.1 Å². The van der Waals surface area contributed by atoms with Crippen molar-refractivity contribution in [3.05, 3.63) is 0 Å². The van der Waals surface area contributed by atoms with Gasteiger partial charge in [-0.2, -0.15) is 0 Å². The molecule has 2 heteroatoms. The highest BCUT2D eigenvalue weighted by atomic mass is 14.8. The summed E-state index contributed by atoms with van der Waals surface area (Å²) in [5.74, 6) is 1.88. The lowest BCUT2D eigenvalue weighted by Crippen LogP contribution is -2.18. The molecule has 0 bridgehead atoms. The van der Waals surface area contributed by atoms with Gasteiger partial charge in [-0.25, -0.2) is 0 Å². The summed E-state index contributed by atoms with van der Waals surface area (Å²) in [5.41, 5.74) is 5.51. The van der Waals surface area contributed by atoms with Crippen LogP contribution in [0.4, 0.5) is 0 Å². The van der Waals surface area contributed by atoms with Crippen LogP contribution in [0.25, 0.3) is 0 Å². The number of nitrogens with two attached hydrogens (primary N) is 1. The Morgan fingerprint density at radius 1 is 1.29 bits per heavy atom. The third-order valence-corrected chi connectivity index (χ3v) is 3.14. The van der Waals surface area contributed by atoms with Crippen LogP contribution >= 0.6 is 0 Å². The van der Waals surface area contributed by atoms with Crippen LogP contribution in [0.2, 0.25) is 0 Å². The summed E-state index contributed by atoms with van der Waals surface area (Å²) in [4.78, 5) is 0. The zero-order valence-electron chi connectivity index (χ0n) is 9.60. The molecule has 3 N–H and O–H groups in total. The standard InChI is InChI=1S/C12H26N2/c1-11(6-8-13)3-2-9-14-10-7-12-4-5-12/h11-12,14H,2-10,13H2,1H3. The minimum absolute atomic E-state index is 0.810. The molecule has 1 fully saturated rings. The van der Waals surface area contributed by atoms with Crippen molar-refractivity contribution in [2.24, 2.45) is 17.6 Å². The Labute approximate surface area is 88.6 Å². The summed E-state index contributed by atoms with van der Waals surface area (Å²) in [6.07, 6.45) is 8.18. The van der Waals surface area contributed by atoms with Crippen molar-refractivity contribution in [3.8, 4) is 0 Å². The highest BCUT2D eigenvalue weighted by Crippen LogP contribution is 2.31. The molecule has 1 atom stereocenters. The Bertz CT molecular complexity index is 132. The molecule has 2 nitrogen and oxygen atoms in total. The number of hydrogen-bond acceptors (Lipinski definition) is 2. The van der Waals surface area contributed by atoms with Crippen LogP contribution in [-0.2, 0) is 0 Å². The molecule has 0 amide bonds. The van der Waals surface area contributed by atoms with Crippen molar-refractivity contribution in [2.45, 2.75) is 45.4 Å². The van der Waals surface area contributed by atoms with E-state index in [0.29, 0.717) is 0 Å². The molecule has 0 aromatic carbocycles. The van der Waals surface area contributed by atoms with Crippen molar-refractivity contribution in [1.82, 2.24) is 5.32 Å². The predicted octanol–water partition coefficient (Wildman–Crippen LogP) is 2.14. The van der Waals surface area contributed by atoms with E-state index in [4.69, 9.17) is 5.73 Å². The van der Waals surface area contributed by atoms with Gasteiger partial charge >= 0.3 is 0 Å². The first-order valence-corrected chi connectivity index (χ1v) is 6.23. The SMILES string of the molecule is CC(CCN)CCCNCCC1CC1. The molecule has 84 valence electrons. The Morgan fingerprint density at radius 2 is 2.07 bits per heavy atom. The third-order valence-electron chi connectivity index (χ3n) is 3.14. The molecule has 0 radical (unpaired) electrons. The van der Waals surface area contributed by atoms with Gasteiger partial charge in [0, 0.05) is 0 Å². The average Bonchev–Trinajstić information content (AvgIpc) is 2.95. The monoisotopic (exact) mass is 198 g/mol. The van der Waals surface area contributed by atoms with Gasteiger partial charge in [-0.05, 0) is 57.2 Å². The summed E-state index contributed by atoms with van der Waals surface area (Å²) in [7, 11) is 0. The van der Waals surface area contributed by atoms with Crippen molar-refractivity contribution < 1.29 is 0 Å². The van der Waals surface area contributed by atoms with Gasteiger partial charge in [-0.3, -0.25) is 0 Å². The smallest absolute Gasteiger partial charge is 0.00463 e. The summed E-state index contributed by atoms with van der Waals surface area (Å²) < 4.78 is 0. The second kappa shape index (κ2) is 7.24. The van der Waals surface area contributed by atoms with Crippen LogP contribution in [0.5, 0.6) is 0 Å². The van der Waals surface area contributed by atoms with Gasteiger partial charge in [-0.15, -0.1) is 0 Å². The van der Waals surface area contributed by atoms with E-state index < -0.39 is 0 Å². The minimum atomic E-state index is 0.810. The zero-order valence-corrected chi connectivity index (χ0v) is 9.60. The van der Waals surface area contributed by atoms with E-state index in [9.17, 15) is 0 Å². The largest absolute Gasteiger partial charge is 0.330 e. The molecule has 1 unspecified atom stereocenters. The molecular formula is C12H26N2. The highest BCUT2D eigenvalue weighted by Gasteiger charge is 2.19. The van der Waals surface area contributed by atoms with Gasteiger partial charge in [0.05, 0.1) is 0 Å². The van der Waals surface area contributed by atoms with Crippen LogP contribution < -0.4 is 11.1 Å². The van der Waals surface area contributed by atoms with Crippen molar-refractivity contribution >= 4 is 0 Å². The molecule has 14 heavy (non-hydrogen) atoms. The maximum atomic E-state index is 5.51. The molecule has 1 saturated carbocycles. The van der Waals surface area contributed by atoms with Crippen molar-refractivity contribution in [2.75, 3.05) is 19.6 Å². The first kappa shape index (κ1) is 12.0. The van der Waals surface area contributed by atoms with Crippen LogP contribution in [0, 0.1) is 11.8 Å². The Morgan fingerprint density at radius 3 is 2.71 bits per heavy atom. The molecule has 0 heterocycles. The Kier molecular flexibility index (Phi) is 6.20. The first-order chi connectivity index (χ1) is 6.83. The zero-order chi connectivity index (χ0) is 10.2. The number of rotatable bonds is 9. The fourth-order valence-electron chi connectivity index (χ4n) is 1.84. The number of nitrogens with one attached hydrogen (secondary N) is 1. The summed E-state index contributed by atoms with van der Waals surface area (Å²) in [6, 6.07) is 0. The third kappa shape index (κ3) is 6.39. The molecule has 0 aliphatic heterocycles. The summed E-state index contributed by atoms with van der Waals surface area (Å²) in [6.45, 7) is 5.57. The van der Waals surface area contributed by atoms with E-state index >= 15 is 0 Å². The van der Waals surface area contributed by atoms with Crippen molar-refractivity contribution in [3.63, 3.8) is 0 Å². The van der Waals surface area contributed by atoms with E-state index in [0.717, 1.165) is 18.4 Å². The fraction of sp³-hybridized carbons (Fsp3) is 1.00. The summed E-state index contributed by atoms with van der Waals surface area (Å²) in [5, 5.41) is 3.52. The first-order valence-electron chi connectivity index (χ1n) is 6.23. The molecule has 1 aliphatic carbocycles. The predicted molar refractivity (Wildman–Crippen MR) is 62.3 cm³/mol. The van der Waals surface area contributed by atoms with Crippen LogP contribution in [-0.4, -0.2) is 19.6 Å². The van der Waals surface area contributed by atoms with Gasteiger partial charge in [0.25, 0.3) is 0 Å². The van der Waals surface area contributed by atoms with Gasteiger partial charge in [0.15, 0.2) is 0 Å². The van der Waals surface area contributed by atoms with E-state index in [1.165, 1.54) is 51.6 Å². The van der Waals surface area contributed by atoms with Gasteiger partial charge in [0.1, 0.15) is 0 Å².